The smallest absolute Gasteiger partial charge is 0.233 e. The molecule has 122 valence electrons. The summed E-state index contributed by atoms with van der Waals surface area (Å²) in [6.07, 6.45) is -0.277. The Morgan fingerprint density at radius 2 is 1.95 bits per heavy atom. The third-order valence-electron chi connectivity index (χ3n) is 2.59. The van der Waals surface area contributed by atoms with E-state index in [4.69, 9.17) is 14.6 Å². The van der Waals surface area contributed by atoms with Crippen LogP contribution >= 0.6 is 0 Å². The van der Waals surface area contributed by atoms with E-state index in [2.05, 4.69) is 10.6 Å². The maximum Gasteiger partial charge on any atom is 0.233 e. The number of anilines is 1. The first-order valence-electron chi connectivity index (χ1n) is 7.14. The highest BCUT2D eigenvalue weighted by Crippen LogP contribution is 2.23. The van der Waals surface area contributed by atoms with Gasteiger partial charge in [-0.05, 0) is 19.1 Å². The minimum absolute atomic E-state index is 0.0599. The number of carbonyl (C=O) groups is 2. The standard InChI is InChI=1S/C15H22N2O5/c1-2-22-13-6-4-3-5-12(13)17-15(20)11-14(19)16-7-9-21-10-8-18/h3-6,18H,2,7-11H2,1H3,(H,16,19)(H,17,20). The molecule has 2 amide bonds. The van der Waals surface area contributed by atoms with Gasteiger partial charge in [0.1, 0.15) is 12.2 Å². The number of hydrogen-bond acceptors (Lipinski definition) is 5. The van der Waals surface area contributed by atoms with Crippen LogP contribution in [-0.2, 0) is 14.3 Å². The van der Waals surface area contributed by atoms with Crippen molar-refractivity contribution in [3.05, 3.63) is 24.3 Å². The fourth-order valence-electron chi connectivity index (χ4n) is 1.68. The molecule has 0 fully saturated rings. The van der Waals surface area contributed by atoms with Gasteiger partial charge in [-0.1, -0.05) is 12.1 Å². The quantitative estimate of drug-likeness (QED) is 0.433. The zero-order valence-corrected chi connectivity index (χ0v) is 12.6. The molecule has 0 saturated carbocycles. The predicted octanol–water partition coefficient (Wildman–Crippen LogP) is 0.539. The third-order valence-corrected chi connectivity index (χ3v) is 2.59. The summed E-state index contributed by atoms with van der Waals surface area (Å²) in [7, 11) is 0. The summed E-state index contributed by atoms with van der Waals surface area (Å²) in [5, 5.41) is 13.7. The second-order valence-electron chi connectivity index (χ2n) is 4.34. The maximum absolute atomic E-state index is 11.8. The fraction of sp³-hybridized carbons (Fsp3) is 0.467. The summed E-state index contributed by atoms with van der Waals surface area (Å²) in [6, 6.07) is 7.04. The summed E-state index contributed by atoms with van der Waals surface area (Å²) in [5.74, 6) is -0.240. The molecule has 0 aromatic heterocycles. The van der Waals surface area contributed by atoms with E-state index in [1.165, 1.54) is 0 Å². The average molecular weight is 310 g/mol. The van der Waals surface area contributed by atoms with Gasteiger partial charge in [-0.3, -0.25) is 9.59 Å². The second-order valence-corrected chi connectivity index (χ2v) is 4.34. The van der Waals surface area contributed by atoms with Crippen molar-refractivity contribution >= 4 is 17.5 Å². The number of rotatable bonds is 10. The monoisotopic (exact) mass is 310 g/mol. The summed E-state index contributed by atoms with van der Waals surface area (Å²) < 4.78 is 10.4. The lowest BCUT2D eigenvalue weighted by Gasteiger charge is -2.11. The molecule has 22 heavy (non-hydrogen) atoms. The van der Waals surface area contributed by atoms with Crippen molar-refractivity contribution in [3.63, 3.8) is 0 Å². The van der Waals surface area contributed by atoms with Crippen LogP contribution < -0.4 is 15.4 Å². The summed E-state index contributed by atoms with van der Waals surface area (Å²) >= 11 is 0. The van der Waals surface area contributed by atoms with Crippen molar-refractivity contribution in [1.82, 2.24) is 5.32 Å². The van der Waals surface area contributed by atoms with Gasteiger partial charge in [0.15, 0.2) is 0 Å². The number of nitrogens with one attached hydrogen (secondary N) is 2. The van der Waals surface area contributed by atoms with E-state index in [1.54, 1.807) is 24.3 Å². The molecule has 0 saturated heterocycles. The topological polar surface area (TPSA) is 96.9 Å². The molecule has 0 aliphatic rings. The van der Waals surface area contributed by atoms with E-state index in [0.717, 1.165) is 0 Å². The Morgan fingerprint density at radius 3 is 2.68 bits per heavy atom. The fourth-order valence-corrected chi connectivity index (χ4v) is 1.68. The highest BCUT2D eigenvalue weighted by Gasteiger charge is 2.11. The van der Waals surface area contributed by atoms with Gasteiger partial charge < -0.3 is 25.2 Å². The van der Waals surface area contributed by atoms with Crippen molar-refractivity contribution in [2.75, 3.05) is 38.3 Å². The van der Waals surface area contributed by atoms with Crippen molar-refractivity contribution in [1.29, 1.82) is 0 Å². The third kappa shape index (κ3) is 7.05. The molecular formula is C15H22N2O5. The first kappa shape index (κ1) is 17.9. The molecule has 7 nitrogen and oxygen atoms in total. The predicted molar refractivity (Wildman–Crippen MR) is 81.8 cm³/mol. The number of ether oxygens (including phenoxy) is 2. The molecule has 1 rings (SSSR count). The van der Waals surface area contributed by atoms with Crippen LogP contribution in [0.25, 0.3) is 0 Å². The Balaban J connectivity index is 2.35. The molecular weight excluding hydrogens is 288 g/mol. The maximum atomic E-state index is 11.8. The zero-order valence-electron chi connectivity index (χ0n) is 12.6. The van der Waals surface area contributed by atoms with Crippen LogP contribution in [-0.4, -0.2) is 49.9 Å². The van der Waals surface area contributed by atoms with E-state index in [0.29, 0.717) is 31.2 Å². The molecule has 7 heteroatoms. The number of para-hydroxylation sites is 2. The van der Waals surface area contributed by atoms with E-state index in [1.807, 2.05) is 6.92 Å². The molecule has 0 bridgehead atoms. The van der Waals surface area contributed by atoms with Gasteiger partial charge >= 0.3 is 0 Å². The Hall–Kier alpha value is -2.12. The molecule has 1 aromatic carbocycles. The molecule has 1 aromatic rings. The van der Waals surface area contributed by atoms with Crippen molar-refractivity contribution in [2.45, 2.75) is 13.3 Å². The molecule has 0 radical (unpaired) electrons. The highest BCUT2D eigenvalue weighted by molar-refractivity contribution is 6.04. The first-order chi connectivity index (χ1) is 10.7. The van der Waals surface area contributed by atoms with Gasteiger partial charge in [0.05, 0.1) is 32.1 Å². The van der Waals surface area contributed by atoms with Crippen LogP contribution in [0.4, 0.5) is 5.69 Å². The number of aliphatic hydroxyl groups is 1. The van der Waals surface area contributed by atoms with Crippen molar-refractivity contribution < 1.29 is 24.2 Å². The van der Waals surface area contributed by atoms with Crippen LogP contribution in [0, 0.1) is 0 Å². The Morgan fingerprint density at radius 1 is 1.18 bits per heavy atom. The van der Waals surface area contributed by atoms with E-state index < -0.39 is 5.91 Å². The van der Waals surface area contributed by atoms with Gasteiger partial charge in [0, 0.05) is 6.54 Å². The Kier molecular flexibility index (Phi) is 8.63. The van der Waals surface area contributed by atoms with Gasteiger partial charge in [-0.25, -0.2) is 0 Å². The first-order valence-corrected chi connectivity index (χ1v) is 7.14. The van der Waals surface area contributed by atoms with Gasteiger partial charge in [0.25, 0.3) is 0 Å². The van der Waals surface area contributed by atoms with Gasteiger partial charge in [-0.15, -0.1) is 0 Å². The minimum Gasteiger partial charge on any atom is -0.492 e. The molecule has 3 N–H and O–H groups in total. The number of hydrogen-bond donors (Lipinski definition) is 3. The summed E-state index contributed by atoms with van der Waals surface area (Å²) in [5.41, 5.74) is 0.536. The van der Waals surface area contributed by atoms with Crippen LogP contribution in [0.1, 0.15) is 13.3 Å². The lowest BCUT2D eigenvalue weighted by molar-refractivity contribution is -0.127. The summed E-state index contributed by atoms with van der Waals surface area (Å²) in [4.78, 5) is 23.4. The van der Waals surface area contributed by atoms with E-state index in [9.17, 15) is 9.59 Å². The number of amides is 2. The van der Waals surface area contributed by atoms with Crippen LogP contribution in [0.2, 0.25) is 0 Å². The van der Waals surface area contributed by atoms with Gasteiger partial charge in [0.2, 0.25) is 11.8 Å². The largest absolute Gasteiger partial charge is 0.492 e. The van der Waals surface area contributed by atoms with E-state index >= 15 is 0 Å². The summed E-state index contributed by atoms with van der Waals surface area (Å²) in [6.45, 7) is 3.09. The average Bonchev–Trinajstić information content (AvgIpc) is 2.49. The molecule has 0 spiro atoms. The number of aliphatic hydroxyl groups excluding tert-OH is 1. The molecule has 0 unspecified atom stereocenters. The van der Waals surface area contributed by atoms with Crippen LogP contribution in [0.5, 0.6) is 5.75 Å². The minimum atomic E-state index is -0.416. The normalized spacial score (nSPS) is 10.1. The highest BCUT2D eigenvalue weighted by atomic mass is 16.5. The van der Waals surface area contributed by atoms with Gasteiger partial charge in [-0.2, -0.15) is 0 Å². The van der Waals surface area contributed by atoms with Crippen molar-refractivity contribution in [3.8, 4) is 5.75 Å². The lowest BCUT2D eigenvalue weighted by Crippen LogP contribution is -2.31. The Labute approximate surface area is 129 Å². The van der Waals surface area contributed by atoms with Crippen molar-refractivity contribution in [2.24, 2.45) is 0 Å². The number of carbonyl (C=O) groups excluding carboxylic acids is 2. The second kappa shape index (κ2) is 10.6. The van der Waals surface area contributed by atoms with E-state index in [-0.39, 0.29) is 25.5 Å². The zero-order chi connectivity index (χ0) is 16.2. The lowest BCUT2D eigenvalue weighted by atomic mass is 10.2. The molecule has 0 atom stereocenters. The number of benzene rings is 1. The van der Waals surface area contributed by atoms with Crippen LogP contribution in [0.3, 0.4) is 0 Å². The SMILES string of the molecule is CCOc1ccccc1NC(=O)CC(=O)NCCOCCO. The van der Waals surface area contributed by atoms with Crippen LogP contribution in [0.15, 0.2) is 24.3 Å². The molecule has 0 aliphatic heterocycles. The molecule has 0 heterocycles. The Bertz CT molecular complexity index is 479. The molecule has 0 aliphatic carbocycles.